The van der Waals surface area contributed by atoms with Gasteiger partial charge in [-0.3, -0.25) is 9.59 Å². The molecular formula is C24H21ClN2O3. The Morgan fingerprint density at radius 2 is 1.83 bits per heavy atom. The van der Waals surface area contributed by atoms with E-state index in [1.807, 2.05) is 60.7 Å². The molecule has 0 unspecified atom stereocenters. The first-order chi connectivity index (χ1) is 14.6. The standard InChI is InChI=1S/C24H21ClN2O3/c1-30-21-12-5-2-8-17(21)14-26-23(28)22-19-10-3-4-11-20(19)24(29)27(22)15-16-7-6-9-18(25)13-16/h2-13,22H,14-15H2,1H3,(H,26,28)/t22-/m1/s1. The number of methoxy groups -OCH3 is 1. The van der Waals surface area contributed by atoms with Crippen LogP contribution >= 0.6 is 11.6 Å². The Morgan fingerprint density at radius 3 is 2.63 bits per heavy atom. The molecule has 3 aromatic carbocycles. The predicted octanol–water partition coefficient (Wildman–Crippen LogP) is 4.36. The molecule has 1 aliphatic heterocycles. The van der Waals surface area contributed by atoms with Crippen LogP contribution in [0.25, 0.3) is 0 Å². The van der Waals surface area contributed by atoms with Gasteiger partial charge in [-0.2, -0.15) is 0 Å². The molecule has 0 spiro atoms. The molecule has 0 radical (unpaired) electrons. The SMILES string of the molecule is COc1ccccc1CNC(=O)[C@H]1c2ccccc2C(=O)N1Cc1cccc(Cl)c1. The summed E-state index contributed by atoms with van der Waals surface area (Å²) in [5.41, 5.74) is 3.00. The van der Waals surface area contributed by atoms with Crippen molar-refractivity contribution in [3.8, 4) is 5.75 Å². The number of amides is 2. The van der Waals surface area contributed by atoms with Crippen LogP contribution in [0.5, 0.6) is 5.75 Å². The number of para-hydroxylation sites is 1. The summed E-state index contributed by atoms with van der Waals surface area (Å²) in [6, 6.07) is 21.4. The molecule has 6 heteroatoms. The van der Waals surface area contributed by atoms with E-state index in [1.54, 1.807) is 24.1 Å². The van der Waals surface area contributed by atoms with Gasteiger partial charge in [-0.1, -0.05) is 60.1 Å². The number of carbonyl (C=O) groups is 2. The van der Waals surface area contributed by atoms with E-state index >= 15 is 0 Å². The molecule has 0 saturated heterocycles. The smallest absolute Gasteiger partial charge is 0.255 e. The van der Waals surface area contributed by atoms with Crippen LogP contribution in [0, 0.1) is 0 Å². The molecule has 0 aromatic heterocycles. The van der Waals surface area contributed by atoms with Crippen molar-refractivity contribution in [2.24, 2.45) is 0 Å². The maximum absolute atomic E-state index is 13.2. The highest BCUT2D eigenvalue weighted by atomic mass is 35.5. The zero-order valence-corrected chi connectivity index (χ0v) is 17.2. The second-order valence-electron chi connectivity index (χ2n) is 7.08. The Labute approximate surface area is 180 Å². The van der Waals surface area contributed by atoms with Gasteiger partial charge in [0.15, 0.2) is 0 Å². The molecule has 0 fully saturated rings. The molecule has 0 saturated carbocycles. The quantitative estimate of drug-likeness (QED) is 0.644. The van der Waals surface area contributed by atoms with Crippen LogP contribution in [0.15, 0.2) is 72.8 Å². The molecule has 1 N–H and O–H groups in total. The zero-order chi connectivity index (χ0) is 21.1. The second-order valence-corrected chi connectivity index (χ2v) is 7.52. The summed E-state index contributed by atoms with van der Waals surface area (Å²) < 4.78 is 5.36. The fraction of sp³-hybridized carbons (Fsp3) is 0.167. The molecule has 0 bridgehead atoms. The van der Waals surface area contributed by atoms with Crippen LogP contribution in [-0.2, 0) is 17.9 Å². The first kappa shape index (κ1) is 20.0. The molecule has 1 heterocycles. The van der Waals surface area contributed by atoms with E-state index < -0.39 is 6.04 Å². The molecule has 2 amide bonds. The van der Waals surface area contributed by atoms with Crippen LogP contribution < -0.4 is 10.1 Å². The van der Waals surface area contributed by atoms with Crippen molar-refractivity contribution in [3.05, 3.63) is 100 Å². The number of rotatable bonds is 6. The summed E-state index contributed by atoms with van der Waals surface area (Å²) in [6.45, 7) is 0.599. The molecule has 30 heavy (non-hydrogen) atoms. The molecule has 5 nitrogen and oxygen atoms in total. The van der Waals surface area contributed by atoms with Crippen molar-refractivity contribution >= 4 is 23.4 Å². The summed E-state index contributed by atoms with van der Waals surface area (Å²) in [4.78, 5) is 27.9. The van der Waals surface area contributed by atoms with Gasteiger partial charge in [0.25, 0.3) is 5.91 Å². The van der Waals surface area contributed by atoms with Crippen molar-refractivity contribution < 1.29 is 14.3 Å². The lowest BCUT2D eigenvalue weighted by Gasteiger charge is -2.25. The van der Waals surface area contributed by atoms with Gasteiger partial charge < -0.3 is 15.0 Å². The number of hydrogen-bond donors (Lipinski definition) is 1. The third-order valence-corrected chi connectivity index (χ3v) is 5.43. The van der Waals surface area contributed by atoms with Gasteiger partial charge in [-0.05, 0) is 35.4 Å². The van der Waals surface area contributed by atoms with Gasteiger partial charge in [-0.25, -0.2) is 0 Å². The minimum atomic E-state index is -0.706. The Balaban J connectivity index is 1.60. The normalized spacial score (nSPS) is 15.1. The molecular weight excluding hydrogens is 400 g/mol. The number of ether oxygens (including phenoxy) is 1. The van der Waals surface area contributed by atoms with E-state index in [4.69, 9.17) is 16.3 Å². The van der Waals surface area contributed by atoms with Crippen LogP contribution in [0.3, 0.4) is 0 Å². The molecule has 0 aliphatic carbocycles. The van der Waals surface area contributed by atoms with Gasteiger partial charge in [0, 0.05) is 29.2 Å². The van der Waals surface area contributed by atoms with Crippen molar-refractivity contribution in [2.45, 2.75) is 19.1 Å². The number of carbonyl (C=O) groups excluding carboxylic acids is 2. The van der Waals surface area contributed by atoms with Crippen LogP contribution in [0.1, 0.15) is 33.1 Å². The van der Waals surface area contributed by atoms with E-state index in [-0.39, 0.29) is 11.8 Å². The van der Waals surface area contributed by atoms with E-state index in [1.165, 1.54) is 0 Å². The summed E-state index contributed by atoms with van der Waals surface area (Å²) >= 11 is 6.11. The average molecular weight is 421 g/mol. The fourth-order valence-electron chi connectivity index (χ4n) is 3.78. The van der Waals surface area contributed by atoms with Gasteiger partial charge in [0.2, 0.25) is 5.91 Å². The summed E-state index contributed by atoms with van der Waals surface area (Å²) in [6.07, 6.45) is 0. The van der Waals surface area contributed by atoms with E-state index in [0.29, 0.717) is 35.0 Å². The maximum atomic E-state index is 13.2. The largest absolute Gasteiger partial charge is 0.496 e. The van der Waals surface area contributed by atoms with Crippen LogP contribution in [-0.4, -0.2) is 23.8 Å². The topological polar surface area (TPSA) is 58.6 Å². The van der Waals surface area contributed by atoms with Crippen molar-refractivity contribution in [3.63, 3.8) is 0 Å². The number of fused-ring (bicyclic) bond motifs is 1. The van der Waals surface area contributed by atoms with E-state index in [0.717, 1.165) is 11.1 Å². The van der Waals surface area contributed by atoms with E-state index in [9.17, 15) is 9.59 Å². The third kappa shape index (κ3) is 3.89. The maximum Gasteiger partial charge on any atom is 0.255 e. The minimum absolute atomic E-state index is 0.164. The number of nitrogens with zero attached hydrogens (tertiary/aromatic N) is 1. The lowest BCUT2D eigenvalue weighted by atomic mass is 10.0. The van der Waals surface area contributed by atoms with Crippen LogP contribution in [0.2, 0.25) is 5.02 Å². The number of hydrogen-bond acceptors (Lipinski definition) is 3. The lowest BCUT2D eigenvalue weighted by molar-refractivity contribution is -0.125. The molecule has 3 aromatic rings. The van der Waals surface area contributed by atoms with Crippen LogP contribution in [0.4, 0.5) is 0 Å². The highest BCUT2D eigenvalue weighted by Gasteiger charge is 2.40. The van der Waals surface area contributed by atoms with Gasteiger partial charge in [0.1, 0.15) is 11.8 Å². The van der Waals surface area contributed by atoms with Gasteiger partial charge in [-0.15, -0.1) is 0 Å². The van der Waals surface area contributed by atoms with Crippen molar-refractivity contribution in [1.29, 1.82) is 0 Å². The highest BCUT2D eigenvalue weighted by molar-refractivity contribution is 6.30. The predicted molar refractivity (Wildman–Crippen MR) is 115 cm³/mol. The number of halogens is 1. The third-order valence-electron chi connectivity index (χ3n) is 5.19. The molecule has 152 valence electrons. The van der Waals surface area contributed by atoms with Gasteiger partial charge >= 0.3 is 0 Å². The Hall–Kier alpha value is -3.31. The summed E-state index contributed by atoms with van der Waals surface area (Å²) in [5, 5.41) is 3.56. The minimum Gasteiger partial charge on any atom is -0.496 e. The Bertz CT molecular complexity index is 1100. The fourth-order valence-corrected chi connectivity index (χ4v) is 3.99. The van der Waals surface area contributed by atoms with E-state index in [2.05, 4.69) is 5.32 Å². The number of benzene rings is 3. The zero-order valence-electron chi connectivity index (χ0n) is 16.5. The summed E-state index contributed by atoms with van der Waals surface area (Å²) in [7, 11) is 1.60. The first-order valence-corrected chi connectivity index (χ1v) is 10.00. The molecule has 1 aliphatic rings. The monoisotopic (exact) mass is 420 g/mol. The Kier molecular flexibility index (Phi) is 5.72. The van der Waals surface area contributed by atoms with Crippen molar-refractivity contribution in [2.75, 3.05) is 7.11 Å². The molecule has 4 rings (SSSR count). The lowest BCUT2D eigenvalue weighted by Crippen LogP contribution is -2.38. The average Bonchev–Trinajstić information content (AvgIpc) is 3.04. The summed E-state index contributed by atoms with van der Waals surface area (Å²) in [5.74, 6) is 0.306. The Morgan fingerprint density at radius 1 is 1.07 bits per heavy atom. The second kappa shape index (κ2) is 8.59. The number of nitrogens with one attached hydrogen (secondary N) is 1. The molecule has 1 atom stereocenters. The first-order valence-electron chi connectivity index (χ1n) is 9.62. The van der Waals surface area contributed by atoms with Gasteiger partial charge in [0.05, 0.1) is 7.11 Å². The highest BCUT2D eigenvalue weighted by Crippen LogP contribution is 2.35. The van der Waals surface area contributed by atoms with Crippen molar-refractivity contribution in [1.82, 2.24) is 10.2 Å².